The summed E-state index contributed by atoms with van der Waals surface area (Å²) in [5.74, 6) is 0.360. The first-order valence-electron chi connectivity index (χ1n) is 8.03. The third-order valence-electron chi connectivity index (χ3n) is 3.45. The van der Waals surface area contributed by atoms with Gasteiger partial charge in [-0.05, 0) is 69.7 Å². The molecule has 6 nitrogen and oxygen atoms in total. The van der Waals surface area contributed by atoms with Crippen LogP contribution in [0.25, 0.3) is 0 Å². The van der Waals surface area contributed by atoms with Crippen molar-refractivity contribution in [3.63, 3.8) is 0 Å². The number of nitrogens with one attached hydrogen (secondary N) is 1. The number of sulfonamides is 1. The van der Waals surface area contributed by atoms with Crippen LogP contribution in [-0.4, -0.2) is 27.0 Å². The fourth-order valence-electron chi connectivity index (χ4n) is 2.26. The van der Waals surface area contributed by atoms with Crippen molar-refractivity contribution in [1.29, 1.82) is 0 Å². The van der Waals surface area contributed by atoms with Crippen molar-refractivity contribution < 1.29 is 22.7 Å². The number of carbonyl (C=O) groups is 1. The number of hydrogen-bond acceptors (Lipinski definition) is 5. The molecule has 140 valence electrons. The molecule has 0 atom stereocenters. The number of aryl methyl sites for hydroxylation is 1. The molecule has 26 heavy (non-hydrogen) atoms. The molecule has 0 heterocycles. The van der Waals surface area contributed by atoms with Gasteiger partial charge in [0.15, 0.2) is 0 Å². The van der Waals surface area contributed by atoms with Crippen LogP contribution in [0.4, 0.5) is 0 Å². The maximum Gasteiger partial charge on any atom is 0.343 e. The zero-order valence-electron chi connectivity index (χ0n) is 15.5. The van der Waals surface area contributed by atoms with Gasteiger partial charge in [0.05, 0.1) is 17.6 Å². The zero-order valence-corrected chi connectivity index (χ0v) is 16.3. The van der Waals surface area contributed by atoms with Crippen LogP contribution in [0.15, 0.2) is 47.4 Å². The summed E-state index contributed by atoms with van der Waals surface area (Å²) in [6.07, 6.45) is 0. The fourth-order valence-corrected chi connectivity index (χ4v) is 3.70. The minimum absolute atomic E-state index is 0.0136. The third kappa shape index (κ3) is 5.06. The second-order valence-corrected chi connectivity index (χ2v) is 8.58. The Labute approximate surface area is 154 Å². The van der Waals surface area contributed by atoms with Crippen molar-refractivity contribution in [3.8, 4) is 11.5 Å². The Morgan fingerprint density at radius 3 is 2.12 bits per heavy atom. The Bertz CT molecular complexity index is 897. The molecular weight excluding hydrogens is 354 g/mol. The lowest BCUT2D eigenvalue weighted by Crippen LogP contribution is -2.40. The van der Waals surface area contributed by atoms with Crippen LogP contribution in [0, 0.1) is 6.92 Å². The number of esters is 1. The molecule has 1 N–H and O–H groups in total. The summed E-state index contributed by atoms with van der Waals surface area (Å²) in [6, 6.07) is 10.9. The second-order valence-electron chi connectivity index (χ2n) is 6.90. The molecule has 2 aromatic carbocycles. The van der Waals surface area contributed by atoms with E-state index in [-0.39, 0.29) is 10.5 Å². The van der Waals surface area contributed by atoms with E-state index < -0.39 is 21.5 Å². The van der Waals surface area contributed by atoms with Gasteiger partial charge in [-0.3, -0.25) is 0 Å². The van der Waals surface area contributed by atoms with Gasteiger partial charge in [-0.2, -0.15) is 0 Å². The first-order chi connectivity index (χ1) is 12.0. The minimum atomic E-state index is -3.75. The fraction of sp³-hybridized carbons (Fsp3) is 0.316. The van der Waals surface area contributed by atoms with Gasteiger partial charge in [-0.25, -0.2) is 17.9 Å². The Hall–Kier alpha value is -2.38. The van der Waals surface area contributed by atoms with Crippen molar-refractivity contribution in [2.75, 3.05) is 7.11 Å². The number of rotatable bonds is 5. The zero-order chi connectivity index (χ0) is 19.5. The molecule has 0 radical (unpaired) electrons. The number of benzene rings is 2. The quantitative estimate of drug-likeness (QED) is 0.639. The van der Waals surface area contributed by atoms with Crippen molar-refractivity contribution in [2.24, 2.45) is 0 Å². The minimum Gasteiger partial charge on any atom is -0.497 e. The largest absolute Gasteiger partial charge is 0.497 e. The van der Waals surface area contributed by atoms with Crippen LogP contribution in [0.1, 0.15) is 36.7 Å². The van der Waals surface area contributed by atoms with Crippen LogP contribution in [-0.2, 0) is 10.0 Å². The first-order valence-corrected chi connectivity index (χ1v) is 9.51. The van der Waals surface area contributed by atoms with Crippen molar-refractivity contribution in [3.05, 3.63) is 53.6 Å². The van der Waals surface area contributed by atoms with Crippen molar-refractivity contribution in [1.82, 2.24) is 4.72 Å². The van der Waals surface area contributed by atoms with Gasteiger partial charge >= 0.3 is 5.97 Å². The summed E-state index contributed by atoms with van der Waals surface area (Å²) in [6.45, 7) is 6.96. The summed E-state index contributed by atoms with van der Waals surface area (Å²) in [5, 5.41) is 0. The van der Waals surface area contributed by atoms with Crippen LogP contribution in [0.2, 0.25) is 0 Å². The molecule has 0 saturated carbocycles. The van der Waals surface area contributed by atoms with E-state index in [1.54, 1.807) is 65.1 Å². The van der Waals surface area contributed by atoms with Crippen molar-refractivity contribution >= 4 is 16.0 Å². The van der Waals surface area contributed by atoms with Crippen LogP contribution >= 0.6 is 0 Å². The van der Waals surface area contributed by atoms with Gasteiger partial charge in [0, 0.05) is 5.54 Å². The molecule has 0 fully saturated rings. The molecule has 0 aliphatic heterocycles. The van der Waals surface area contributed by atoms with Gasteiger partial charge in [0.2, 0.25) is 10.0 Å². The molecule has 0 amide bonds. The van der Waals surface area contributed by atoms with E-state index in [1.807, 2.05) is 0 Å². The predicted molar refractivity (Wildman–Crippen MR) is 99.2 cm³/mol. The normalized spacial score (nSPS) is 11.9. The summed E-state index contributed by atoms with van der Waals surface area (Å²) in [4.78, 5) is 12.5. The number of carbonyl (C=O) groups excluding carboxylic acids is 1. The highest BCUT2D eigenvalue weighted by Crippen LogP contribution is 2.21. The molecule has 0 bridgehead atoms. The number of ether oxygens (including phenoxy) is 2. The van der Waals surface area contributed by atoms with Gasteiger partial charge in [-0.15, -0.1) is 0 Å². The van der Waals surface area contributed by atoms with Gasteiger partial charge in [-0.1, -0.05) is 6.07 Å². The van der Waals surface area contributed by atoms with Crippen LogP contribution < -0.4 is 14.2 Å². The molecule has 0 aliphatic carbocycles. The highest BCUT2D eigenvalue weighted by atomic mass is 32.2. The van der Waals surface area contributed by atoms with Gasteiger partial charge in [0.25, 0.3) is 0 Å². The third-order valence-corrected chi connectivity index (χ3v) is 5.21. The van der Waals surface area contributed by atoms with E-state index >= 15 is 0 Å². The highest BCUT2D eigenvalue weighted by molar-refractivity contribution is 7.89. The monoisotopic (exact) mass is 377 g/mol. The topological polar surface area (TPSA) is 81.7 Å². The van der Waals surface area contributed by atoms with Crippen molar-refractivity contribution in [2.45, 2.75) is 38.1 Å². The molecule has 0 unspecified atom stereocenters. The molecule has 0 spiro atoms. The Balaban J connectivity index is 2.29. The van der Waals surface area contributed by atoms with E-state index in [9.17, 15) is 13.2 Å². The predicted octanol–water partition coefficient (Wildman–Crippen LogP) is 3.30. The molecule has 2 rings (SSSR count). The summed E-state index contributed by atoms with van der Waals surface area (Å²) in [7, 11) is -2.20. The summed E-state index contributed by atoms with van der Waals surface area (Å²) >= 11 is 0. The second kappa shape index (κ2) is 7.47. The molecule has 2 aromatic rings. The SMILES string of the molecule is COc1ccc(OC(=O)c2cc(S(=O)(=O)NC(C)(C)C)ccc2C)cc1. The molecule has 7 heteroatoms. The molecule has 0 aromatic heterocycles. The number of methoxy groups -OCH3 is 1. The Morgan fingerprint density at radius 2 is 1.58 bits per heavy atom. The summed E-state index contributed by atoms with van der Waals surface area (Å²) in [5.41, 5.74) is 0.184. The summed E-state index contributed by atoms with van der Waals surface area (Å²) < 4.78 is 37.9. The van der Waals surface area contributed by atoms with Gasteiger partial charge < -0.3 is 9.47 Å². The lowest BCUT2D eigenvalue weighted by molar-refractivity contribution is 0.0733. The van der Waals surface area contributed by atoms with Crippen LogP contribution in [0.5, 0.6) is 11.5 Å². The Kier molecular flexibility index (Phi) is 5.73. The molecular formula is C19H23NO5S. The van der Waals surface area contributed by atoms with E-state index in [0.717, 1.165) is 0 Å². The van der Waals surface area contributed by atoms with E-state index in [1.165, 1.54) is 12.1 Å². The lowest BCUT2D eigenvalue weighted by Gasteiger charge is -2.20. The van der Waals surface area contributed by atoms with E-state index in [0.29, 0.717) is 17.1 Å². The smallest absolute Gasteiger partial charge is 0.343 e. The highest BCUT2D eigenvalue weighted by Gasteiger charge is 2.24. The Morgan fingerprint density at radius 1 is 1.00 bits per heavy atom. The molecule has 0 saturated heterocycles. The lowest BCUT2D eigenvalue weighted by atomic mass is 10.1. The first kappa shape index (κ1) is 19.9. The number of hydrogen-bond donors (Lipinski definition) is 1. The standard InChI is InChI=1S/C19H23NO5S/c1-13-6-11-16(26(22,23)20-19(2,3)4)12-17(13)18(21)25-15-9-7-14(24-5)8-10-15/h6-12,20H,1-5H3. The maximum atomic E-state index is 12.5. The van der Waals surface area contributed by atoms with Crippen LogP contribution in [0.3, 0.4) is 0 Å². The average Bonchev–Trinajstić information content (AvgIpc) is 2.53. The van der Waals surface area contributed by atoms with E-state index in [2.05, 4.69) is 4.72 Å². The van der Waals surface area contributed by atoms with E-state index in [4.69, 9.17) is 9.47 Å². The van der Waals surface area contributed by atoms with Gasteiger partial charge in [0.1, 0.15) is 11.5 Å². The maximum absolute atomic E-state index is 12.5. The average molecular weight is 377 g/mol. The molecule has 0 aliphatic rings.